The van der Waals surface area contributed by atoms with Gasteiger partial charge in [-0.15, -0.1) is 0 Å². The van der Waals surface area contributed by atoms with Crippen molar-refractivity contribution in [3.63, 3.8) is 0 Å². The number of aromatic nitrogens is 2. The molecule has 1 fully saturated rings. The van der Waals surface area contributed by atoms with Crippen LogP contribution in [0.4, 0.5) is 5.69 Å². The second-order valence-electron chi connectivity index (χ2n) is 7.14. The average Bonchev–Trinajstić information content (AvgIpc) is 3.12. The fraction of sp³-hybridized carbons (Fsp3) is 0.450. The molecule has 1 aliphatic heterocycles. The van der Waals surface area contributed by atoms with Crippen molar-refractivity contribution in [2.24, 2.45) is 0 Å². The highest BCUT2D eigenvalue weighted by molar-refractivity contribution is 6.05. The van der Waals surface area contributed by atoms with E-state index >= 15 is 0 Å². The summed E-state index contributed by atoms with van der Waals surface area (Å²) >= 11 is 0. The first kappa shape index (κ1) is 17.0. The fourth-order valence-electron chi connectivity index (χ4n) is 3.72. The molecule has 0 unspecified atom stereocenters. The summed E-state index contributed by atoms with van der Waals surface area (Å²) in [5, 5.41) is 2.97. The molecule has 4 rings (SSSR count). The van der Waals surface area contributed by atoms with Crippen LogP contribution < -0.4 is 10.1 Å². The molecule has 1 aliphatic carbocycles. The van der Waals surface area contributed by atoms with E-state index in [1.54, 1.807) is 24.5 Å². The lowest BCUT2D eigenvalue weighted by Gasteiger charge is -2.28. The van der Waals surface area contributed by atoms with E-state index < -0.39 is 0 Å². The molecule has 1 amide bonds. The van der Waals surface area contributed by atoms with Gasteiger partial charge in [0.25, 0.3) is 5.91 Å². The molecule has 0 aromatic carbocycles. The summed E-state index contributed by atoms with van der Waals surface area (Å²) in [5.41, 5.74) is 3.70. The van der Waals surface area contributed by atoms with E-state index in [4.69, 9.17) is 4.74 Å². The van der Waals surface area contributed by atoms with Crippen molar-refractivity contribution >= 4 is 11.6 Å². The zero-order chi connectivity index (χ0) is 17.9. The van der Waals surface area contributed by atoms with Crippen LogP contribution in [0.5, 0.6) is 5.88 Å². The summed E-state index contributed by atoms with van der Waals surface area (Å²) in [5.74, 6) is 0.446. The topological polar surface area (TPSA) is 67.3 Å². The van der Waals surface area contributed by atoms with Gasteiger partial charge in [0.15, 0.2) is 0 Å². The number of hydrogen-bond acceptors (Lipinski definition) is 5. The van der Waals surface area contributed by atoms with E-state index in [0.717, 1.165) is 50.8 Å². The summed E-state index contributed by atoms with van der Waals surface area (Å²) in [7, 11) is 2.12. The number of fused-ring (bicyclic) bond motifs is 1. The van der Waals surface area contributed by atoms with E-state index in [2.05, 4.69) is 27.2 Å². The molecule has 0 atom stereocenters. The van der Waals surface area contributed by atoms with Crippen LogP contribution in [-0.2, 0) is 12.8 Å². The van der Waals surface area contributed by atoms with Gasteiger partial charge in [0.2, 0.25) is 5.88 Å². The quantitative estimate of drug-likeness (QED) is 0.916. The van der Waals surface area contributed by atoms with E-state index in [0.29, 0.717) is 17.1 Å². The molecule has 2 aromatic heterocycles. The SMILES string of the molecule is CN1CCC(Oc2cc(NC(=O)c3cncc4c3CCC4)ccn2)CC1. The number of piperidine rings is 1. The van der Waals surface area contributed by atoms with Crippen LogP contribution in [0.1, 0.15) is 40.7 Å². The van der Waals surface area contributed by atoms with Crippen molar-refractivity contribution in [1.82, 2.24) is 14.9 Å². The Morgan fingerprint density at radius 1 is 1.27 bits per heavy atom. The summed E-state index contributed by atoms with van der Waals surface area (Å²) < 4.78 is 6.00. The van der Waals surface area contributed by atoms with Gasteiger partial charge in [-0.2, -0.15) is 0 Å². The summed E-state index contributed by atoms with van der Waals surface area (Å²) in [6.45, 7) is 2.07. The predicted octanol–water partition coefficient (Wildman–Crippen LogP) is 2.69. The minimum Gasteiger partial charge on any atom is -0.474 e. The van der Waals surface area contributed by atoms with E-state index in [1.165, 1.54) is 5.56 Å². The van der Waals surface area contributed by atoms with Crippen LogP contribution in [-0.4, -0.2) is 47.0 Å². The van der Waals surface area contributed by atoms with E-state index in [1.807, 2.05) is 6.20 Å². The van der Waals surface area contributed by atoms with Crippen LogP contribution in [0.2, 0.25) is 0 Å². The van der Waals surface area contributed by atoms with Crippen molar-refractivity contribution < 1.29 is 9.53 Å². The largest absolute Gasteiger partial charge is 0.474 e. The molecule has 3 heterocycles. The number of ether oxygens (including phenoxy) is 1. The Morgan fingerprint density at radius 3 is 2.96 bits per heavy atom. The number of amides is 1. The van der Waals surface area contributed by atoms with Gasteiger partial charge in [0.1, 0.15) is 6.10 Å². The molecule has 1 N–H and O–H groups in total. The molecular formula is C20H24N4O2. The van der Waals surface area contributed by atoms with Crippen LogP contribution >= 0.6 is 0 Å². The van der Waals surface area contributed by atoms with Gasteiger partial charge in [-0.05, 0) is 56.3 Å². The second kappa shape index (κ2) is 7.41. The molecule has 0 saturated carbocycles. The number of carbonyl (C=O) groups is 1. The second-order valence-corrected chi connectivity index (χ2v) is 7.14. The Balaban J connectivity index is 1.44. The smallest absolute Gasteiger partial charge is 0.257 e. The number of nitrogens with one attached hydrogen (secondary N) is 1. The number of pyridine rings is 2. The third kappa shape index (κ3) is 3.70. The van der Waals surface area contributed by atoms with Crippen molar-refractivity contribution in [2.45, 2.75) is 38.2 Å². The molecule has 2 aromatic rings. The highest BCUT2D eigenvalue weighted by Gasteiger charge is 2.21. The molecule has 0 radical (unpaired) electrons. The van der Waals surface area contributed by atoms with Crippen molar-refractivity contribution in [3.05, 3.63) is 47.4 Å². The highest BCUT2D eigenvalue weighted by Crippen LogP contribution is 2.25. The molecule has 6 heteroatoms. The van der Waals surface area contributed by atoms with Crippen molar-refractivity contribution in [3.8, 4) is 5.88 Å². The third-order valence-electron chi connectivity index (χ3n) is 5.21. The van der Waals surface area contributed by atoms with Gasteiger partial charge in [-0.1, -0.05) is 0 Å². The zero-order valence-corrected chi connectivity index (χ0v) is 15.1. The van der Waals surface area contributed by atoms with Crippen molar-refractivity contribution in [1.29, 1.82) is 0 Å². The monoisotopic (exact) mass is 352 g/mol. The highest BCUT2D eigenvalue weighted by atomic mass is 16.5. The number of nitrogens with zero attached hydrogens (tertiary/aromatic N) is 3. The maximum absolute atomic E-state index is 12.7. The number of hydrogen-bond donors (Lipinski definition) is 1. The zero-order valence-electron chi connectivity index (χ0n) is 15.1. The predicted molar refractivity (Wildman–Crippen MR) is 99.6 cm³/mol. The normalized spacial score (nSPS) is 17.7. The van der Waals surface area contributed by atoms with Crippen LogP contribution in [0.15, 0.2) is 30.7 Å². The minimum absolute atomic E-state index is 0.118. The Labute approximate surface area is 153 Å². The lowest BCUT2D eigenvalue weighted by Crippen LogP contribution is -2.35. The Morgan fingerprint density at radius 2 is 2.12 bits per heavy atom. The maximum Gasteiger partial charge on any atom is 0.257 e. The molecule has 6 nitrogen and oxygen atoms in total. The molecule has 0 bridgehead atoms. The maximum atomic E-state index is 12.7. The molecule has 1 saturated heterocycles. The number of rotatable bonds is 4. The molecular weight excluding hydrogens is 328 g/mol. The third-order valence-corrected chi connectivity index (χ3v) is 5.21. The standard InChI is InChI=1S/C20H24N4O2/c1-24-9-6-16(7-10-24)26-19-11-15(5-8-22-19)23-20(25)18-13-21-12-14-3-2-4-17(14)18/h5,8,11-13,16H,2-4,6-7,9-10H2,1H3,(H,22,23,25). The van der Waals surface area contributed by atoms with Crippen molar-refractivity contribution in [2.75, 3.05) is 25.5 Å². The summed E-state index contributed by atoms with van der Waals surface area (Å²) in [6.07, 6.45) is 10.4. The van der Waals surface area contributed by atoms with E-state index in [9.17, 15) is 4.79 Å². The lowest BCUT2D eigenvalue weighted by molar-refractivity contribution is 0.102. The summed E-state index contributed by atoms with van der Waals surface area (Å²) in [6, 6.07) is 3.59. The Kier molecular flexibility index (Phi) is 4.84. The molecule has 0 spiro atoms. The van der Waals surface area contributed by atoms with Gasteiger partial charge < -0.3 is 15.0 Å². The minimum atomic E-state index is -0.118. The number of anilines is 1. The summed E-state index contributed by atoms with van der Waals surface area (Å²) in [4.78, 5) is 23.5. The first-order chi connectivity index (χ1) is 12.7. The van der Waals surface area contributed by atoms with Crippen LogP contribution in [0.3, 0.4) is 0 Å². The Hall–Kier alpha value is -2.47. The van der Waals surface area contributed by atoms with Gasteiger partial charge in [0.05, 0.1) is 5.56 Å². The van der Waals surface area contributed by atoms with Crippen LogP contribution in [0.25, 0.3) is 0 Å². The van der Waals surface area contributed by atoms with Gasteiger partial charge in [-0.25, -0.2) is 4.98 Å². The van der Waals surface area contributed by atoms with Gasteiger partial charge in [-0.3, -0.25) is 9.78 Å². The molecule has 136 valence electrons. The Bertz CT molecular complexity index is 800. The van der Waals surface area contributed by atoms with E-state index in [-0.39, 0.29) is 12.0 Å². The molecule has 2 aliphatic rings. The lowest BCUT2D eigenvalue weighted by atomic mass is 10.1. The number of likely N-dealkylation sites (tertiary alicyclic amines) is 1. The first-order valence-electron chi connectivity index (χ1n) is 9.27. The van der Waals surface area contributed by atoms with Gasteiger partial charge >= 0.3 is 0 Å². The first-order valence-corrected chi connectivity index (χ1v) is 9.27. The number of aryl methyl sites for hydroxylation is 1. The van der Waals surface area contributed by atoms with Crippen LogP contribution in [0, 0.1) is 0 Å². The van der Waals surface area contributed by atoms with Gasteiger partial charge in [0, 0.05) is 43.4 Å². The fourth-order valence-corrected chi connectivity index (χ4v) is 3.72. The average molecular weight is 352 g/mol. The molecule has 26 heavy (non-hydrogen) atoms. The number of carbonyl (C=O) groups excluding carboxylic acids is 1.